The summed E-state index contributed by atoms with van der Waals surface area (Å²) >= 11 is 1.82. The number of carbonyl (C=O) groups is 1. The van der Waals surface area contributed by atoms with Gasteiger partial charge < -0.3 is 10.6 Å². The van der Waals surface area contributed by atoms with Gasteiger partial charge in [-0.1, -0.05) is 19.1 Å². The van der Waals surface area contributed by atoms with E-state index in [-0.39, 0.29) is 12.1 Å². The maximum Gasteiger partial charge on any atom is 0.315 e. The molecule has 2 rings (SSSR count). The van der Waals surface area contributed by atoms with Crippen molar-refractivity contribution >= 4 is 17.8 Å². The van der Waals surface area contributed by atoms with Crippen LogP contribution in [0.1, 0.15) is 18.5 Å². The van der Waals surface area contributed by atoms with Crippen LogP contribution < -0.4 is 10.6 Å². The highest BCUT2D eigenvalue weighted by atomic mass is 32.2. The lowest BCUT2D eigenvalue weighted by molar-refractivity contribution is 0.247. The molecule has 0 bridgehead atoms. The zero-order valence-corrected chi connectivity index (χ0v) is 9.43. The predicted molar refractivity (Wildman–Crippen MR) is 62.1 cm³/mol. The lowest BCUT2D eigenvalue weighted by Crippen LogP contribution is -2.21. The van der Waals surface area contributed by atoms with Gasteiger partial charge in [0.25, 0.3) is 0 Å². The van der Waals surface area contributed by atoms with Crippen molar-refractivity contribution in [1.29, 1.82) is 0 Å². The van der Waals surface area contributed by atoms with E-state index in [1.165, 1.54) is 4.90 Å². The van der Waals surface area contributed by atoms with E-state index in [1.54, 1.807) is 0 Å². The molecule has 1 aliphatic heterocycles. The lowest BCUT2D eigenvalue weighted by Gasteiger charge is -2.09. The summed E-state index contributed by atoms with van der Waals surface area (Å²) in [5.74, 6) is 1.08. The van der Waals surface area contributed by atoms with Crippen molar-refractivity contribution in [2.45, 2.75) is 17.9 Å². The highest BCUT2D eigenvalue weighted by Gasteiger charge is 2.20. The number of thioether (sulfide) groups is 1. The van der Waals surface area contributed by atoms with Crippen LogP contribution in [-0.2, 0) is 0 Å². The summed E-state index contributed by atoms with van der Waals surface area (Å²) in [5.41, 5.74) is 1.16. The van der Waals surface area contributed by atoms with Gasteiger partial charge in [0.2, 0.25) is 0 Å². The summed E-state index contributed by atoms with van der Waals surface area (Å²) in [6.45, 7) is 2.82. The van der Waals surface area contributed by atoms with E-state index >= 15 is 0 Å². The molecule has 0 radical (unpaired) electrons. The summed E-state index contributed by atoms with van der Waals surface area (Å²) < 4.78 is 0. The van der Waals surface area contributed by atoms with Gasteiger partial charge in [-0.05, 0) is 23.4 Å². The van der Waals surface area contributed by atoms with Crippen LogP contribution in [-0.4, -0.2) is 18.3 Å². The fourth-order valence-electron chi connectivity index (χ4n) is 1.62. The molecule has 0 saturated carbocycles. The van der Waals surface area contributed by atoms with Crippen LogP contribution in [0.2, 0.25) is 0 Å². The van der Waals surface area contributed by atoms with Gasteiger partial charge in [-0.25, -0.2) is 4.79 Å². The van der Waals surface area contributed by atoms with E-state index in [2.05, 4.69) is 41.8 Å². The minimum atomic E-state index is -0.0768. The molecular formula is C11H14N2OS. The van der Waals surface area contributed by atoms with Gasteiger partial charge in [0.15, 0.2) is 0 Å². The van der Waals surface area contributed by atoms with E-state index in [0.29, 0.717) is 6.54 Å². The number of hydrogen-bond acceptors (Lipinski definition) is 2. The monoisotopic (exact) mass is 222 g/mol. The van der Waals surface area contributed by atoms with Crippen molar-refractivity contribution in [3.63, 3.8) is 0 Å². The molecule has 3 nitrogen and oxygen atoms in total. The molecule has 0 aliphatic carbocycles. The van der Waals surface area contributed by atoms with Gasteiger partial charge in [0, 0.05) is 11.4 Å². The first kappa shape index (κ1) is 10.4. The Bertz CT molecular complexity index is 350. The molecule has 1 heterocycles. The van der Waals surface area contributed by atoms with Crippen molar-refractivity contribution in [1.82, 2.24) is 10.6 Å². The normalized spacial score (nSPS) is 19.8. The van der Waals surface area contributed by atoms with Crippen molar-refractivity contribution < 1.29 is 4.79 Å². The fourth-order valence-corrected chi connectivity index (χ4v) is 2.28. The van der Waals surface area contributed by atoms with Crippen LogP contribution >= 0.6 is 11.8 Å². The van der Waals surface area contributed by atoms with Crippen molar-refractivity contribution in [3.05, 3.63) is 29.8 Å². The van der Waals surface area contributed by atoms with Crippen LogP contribution in [0.5, 0.6) is 0 Å². The molecule has 1 unspecified atom stereocenters. The van der Waals surface area contributed by atoms with Gasteiger partial charge in [-0.2, -0.15) is 0 Å². The second kappa shape index (κ2) is 4.57. The smallest absolute Gasteiger partial charge is 0.315 e. The maximum atomic E-state index is 11.0. The third kappa shape index (κ3) is 2.45. The minimum absolute atomic E-state index is 0.0768. The molecule has 2 N–H and O–H groups in total. The SMILES string of the molecule is CCSc1ccc(C2CNC(=O)N2)cc1. The largest absolute Gasteiger partial charge is 0.336 e. The second-order valence-electron chi connectivity index (χ2n) is 3.41. The molecule has 1 aromatic rings. The van der Waals surface area contributed by atoms with Gasteiger partial charge in [0.1, 0.15) is 0 Å². The first-order chi connectivity index (χ1) is 7.29. The Morgan fingerprint density at radius 3 is 2.67 bits per heavy atom. The second-order valence-corrected chi connectivity index (χ2v) is 4.75. The molecule has 1 atom stereocenters. The number of hydrogen-bond donors (Lipinski definition) is 2. The van der Waals surface area contributed by atoms with E-state index in [9.17, 15) is 4.79 Å². The zero-order valence-electron chi connectivity index (χ0n) is 8.62. The lowest BCUT2D eigenvalue weighted by atomic mass is 10.1. The van der Waals surface area contributed by atoms with Crippen LogP contribution in [0.25, 0.3) is 0 Å². The number of amides is 2. The summed E-state index contributed by atoms with van der Waals surface area (Å²) in [6, 6.07) is 8.42. The van der Waals surface area contributed by atoms with Gasteiger partial charge in [-0.3, -0.25) is 0 Å². The molecule has 1 aromatic carbocycles. The molecule has 1 fully saturated rings. The summed E-state index contributed by atoms with van der Waals surface area (Å²) in [7, 11) is 0. The molecule has 1 aliphatic rings. The van der Waals surface area contributed by atoms with Gasteiger partial charge >= 0.3 is 6.03 Å². The molecule has 80 valence electrons. The molecule has 2 amide bonds. The Morgan fingerprint density at radius 1 is 1.40 bits per heavy atom. The van der Waals surface area contributed by atoms with Crippen LogP contribution in [0, 0.1) is 0 Å². The Balaban J connectivity index is 2.06. The topological polar surface area (TPSA) is 41.1 Å². The minimum Gasteiger partial charge on any atom is -0.336 e. The Labute approximate surface area is 93.6 Å². The molecule has 0 aromatic heterocycles. The quantitative estimate of drug-likeness (QED) is 0.769. The standard InChI is InChI=1S/C11H14N2OS/c1-2-15-9-5-3-8(4-6-9)10-7-12-11(14)13-10/h3-6,10H,2,7H2,1H3,(H2,12,13,14). The third-order valence-electron chi connectivity index (χ3n) is 2.37. The fraction of sp³-hybridized carbons (Fsp3) is 0.364. The average molecular weight is 222 g/mol. The van der Waals surface area contributed by atoms with E-state index < -0.39 is 0 Å². The molecular weight excluding hydrogens is 208 g/mol. The molecule has 4 heteroatoms. The molecule has 1 saturated heterocycles. The highest BCUT2D eigenvalue weighted by molar-refractivity contribution is 7.99. The van der Waals surface area contributed by atoms with E-state index in [4.69, 9.17) is 0 Å². The van der Waals surface area contributed by atoms with E-state index in [0.717, 1.165) is 11.3 Å². The zero-order chi connectivity index (χ0) is 10.7. The van der Waals surface area contributed by atoms with Gasteiger partial charge in [0.05, 0.1) is 6.04 Å². The third-order valence-corrected chi connectivity index (χ3v) is 3.26. The van der Waals surface area contributed by atoms with Crippen LogP contribution in [0.4, 0.5) is 4.79 Å². The first-order valence-corrected chi connectivity index (χ1v) is 6.05. The van der Waals surface area contributed by atoms with Crippen molar-refractivity contribution in [2.75, 3.05) is 12.3 Å². The Hall–Kier alpha value is -1.16. The number of benzene rings is 1. The summed E-state index contributed by atoms with van der Waals surface area (Å²) in [5, 5.41) is 5.62. The first-order valence-electron chi connectivity index (χ1n) is 5.06. The highest BCUT2D eigenvalue weighted by Crippen LogP contribution is 2.21. The van der Waals surface area contributed by atoms with Crippen LogP contribution in [0.3, 0.4) is 0 Å². The molecule has 0 spiro atoms. The number of nitrogens with one attached hydrogen (secondary N) is 2. The van der Waals surface area contributed by atoms with Crippen molar-refractivity contribution in [3.8, 4) is 0 Å². The van der Waals surface area contributed by atoms with E-state index in [1.807, 2.05) is 11.8 Å². The number of rotatable bonds is 3. The summed E-state index contributed by atoms with van der Waals surface area (Å²) in [6.07, 6.45) is 0. The molecule has 15 heavy (non-hydrogen) atoms. The predicted octanol–water partition coefficient (Wildman–Crippen LogP) is 2.15. The maximum absolute atomic E-state index is 11.0. The number of urea groups is 1. The summed E-state index contributed by atoms with van der Waals surface area (Å²) in [4.78, 5) is 12.2. The Morgan fingerprint density at radius 2 is 2.13 bits per heavy atom. The van der Waals surface area contributed by atoms with Gasteiger partial charge in [-0.15, -0.1) is 11.8 Å². The van der Waals surface area contributed by atoms with Crippen molar-refractivity contribution in [2.24, 2.45) is 0 Å². The van der Waals surface area contributed by atoms with Crippen LogP contribution in [0.15, 0.2) is 29.2 Å². The Kier molecular flexibility index (Phi) is 3.16. The average Bonchev–Trinajstić information content (AvgIpc) is 2.67. The number of carbonyl (C=O) groups excluding carboxylic acids is 1.